The Morgan fingerprint density at radius 1 is 0.857 bits per heavy atom. The Bertz CT molecular complexity index is 1150. The van der Waals surface area contributed by atoms with E-state index in [2.05, 4.69) is 36.4 Å². The van der Waals surface area contributed by atoms with Gasteiger partial charge in [-0.05, 0) is 52.6 Å². The van der Waals surface area contributed by atoms with Gasteiger partial charge in [0.2, 0.25) is 0 Å². The highest BCUT2D eigenvalue weighted by molar-refractivity contribution is 6.07. The molecule has 0 N–H and O–H groups in total. The molecule has 0 radical (unpaired) electrons. The Kier molecular flexibility index (Phi) is 2.37. The van der Waals surface area contributed by atoms with Crippen LogP contribution in [0.4, 0.5) is 0 Å². The molecule has 2 aromatic rings. The summed E-state index contributed by atoms with van der Waals surface area (Å²) in [6.07, 6.45) is 5.17. The third kappa shape index (κ3) is 1.20. The molecular weight excluding hydrogens is 352 g/mol. The summed E-state index contributed by atoms with van der Waals surface area (Å²) in [6.45, 7) is 0. The van der Waals surface area contributed by atoms with Gasteiger partial charge in [-0.1, -0.05) is 42.5 Å². The molecule has 1 aliphatic heterocycles. The molecule has 1 heterocycles. The van der Waals surface area contributed by atoms with Crippen LogP contribution in [0, 0.1) is 22.7 Å². The first-order valence-electron chi connectivity index (χ1n) is 9.87. The van der Waals surface area contributed by atoms with Crippen LogP contribution in [0.2, 0.25) is 0 Å². The van der Waals surface area contributed by atoms with Crippen molar-refractivity contribution in [3.05, 3.63) is 76.9 Å². The summed E-state index contributed by atoms with van der Waals surface area (Å²) in [7, 11) is 1.66. The minimum Gasteiger partial charge on any atom is -0.497 e. The van der Waals surface area contributed by atoms with Gasteiger partial charge in [-0.15, -0.1) is 0 Å². The van der Waals surface area contributed by atoms with Gasteiger partial charge in [-0.25, -0.2) is 0 Å². The lowest BCUT2D eigenvalue weighted by Crippen LogP contribution is -2.60. The monoisotopic (exact) mass is 370 g/mol. The Morgan fingerprint density at radius 2 is 1.43 bits per heavy atom. The molecular formula is C24H18O4. The number of rotatable bonds is 1. The van der Waals surface area contributed by atoms with E-state index in [0.29, 0.717) is 0 Å². The van der Waals surface area contributed by atoms with E-state index in [1.807, 2.05) is 18.2 Å². The van der Waals surface area contributed by atoms with Crippen molar-refractivity contribution in [1.82, 2.24) is 0 Å². The summed E-state index contributed by atoms with van der Waals surface area (Å²) in [6, 6.07) is 14.4. The zero-order valence-electron chi connectivity index (χ0n) is 15.3. The smallest absolute Gasteiger partial charge is 0.322 e. The number of fused-ring (bicyclic) bond motifs is 2. The van der Waals surface area contributed by atoms with Gasteiger partial charge < -0.3 is 9.47 Å². The van der Waals surface area contributed by atoms with Crippen molar-refractivity contribution >= 4 is 11.9 Å². The molecule has 4 nitrogen and oxygen atoms in total. The lowest BCUT2D eigenvalue weighted by molar-refractivity contribution is -0.157. The number of methoxy groups -OCH3 is 1. The zero-order chi connectivity index (χ0) is 18.8. The highest BCUT2D eigenvalue weighted by atomic mass is 16.6. The van der Waals surface area contributed by atoms with Gasteiger partial charge in [0.15, 0.2) is 0 Å². The maximum Gasteiger partial charge on any atom is 0.322 e. The highest BCUT2D eigenvalue weighted by Crippen LogP contribution is 2.82. The van der Waals surface area contributed by atoms with E-state index in [1.54, 1.807) is 7.11 Å². The molecule has 6 aliphatic rings. The molecule has 1 saturated carbocycles. The van der Waals surface area contributed by atoms with Crippen molar-refractivity contribution in [2.24, 2.45) is 22.7 Å². The lowest BCUT2D eigenvalue weighted by atomic mass is 9.38. The van der Waals surface area contributed by atoms with Crippen LogP contribution in [0.3, 0.4) is 0 Å². The van der Waals surface area contributed by atoms with Gasteiger partial charge in [-0.2, -0.15) is 0 Å². The summed E-state index contributed by atoms with van der Waals surface area (Å²) in [5.41, 5.74) is 2.95. The standard InChI is InChI=1S/C24H18O4/c1-27-14-8-9-17-18(11-14)20-16-5-3-2-4-15(16)19(17)23-12-6-7-13(10-12)24(20,23)22(26)28-21(23)25/h2-9,11-13,19-20H,10H2,1H3/t12-,13+,19-,20+,23-,24+/m1/s1. The number of hydrogen-bond acceptors (Lipinski definition) is 4. The molecule has 0 amide bonds. The molecule has 4 heteroatoms. The Hall–Kier alpha value is -2.88. The summed E-state index contributed by atoms with van der Waals surface area (Å²) in [5, 5.41) is 0. The van der Waals surface area contributed by atoms with Gasteiger partial charge in [0, 0.05) is 11.8 Å². The number of esters is 2. The average molecular weight is 370 g/mol. The fraction of sp³-hybridized carbons (Fsp3) is 0.333. The summed E-state index contributed by atoms with van der Waals surface area (Å²) in [5.74, 6) is -0.120. The predicted octanol–water partition coefficient (Wildman–Crippen LogP) is 3.55. The van der Waals surface area contributed by atoms with Crippen LogP contribution in [-0.2, 0) is 14.3 Å². The summed E-state index contributed by atoms with van der Waals surface area (Å²) >= 11 is 0. The molecule has 5 aliphatic carbocycles. The normalized spacial score (nSPS) is 40.0. The first-order chi connectivity index (χ1) is 13.7. The van der Waals surface area contributed by atoms with Crippen molar-refractivity contribution < 1.29 is 19.1 Å². The maximum absolute atomic E-state index is 13.5. The van der Waals surface area contributed by atoms with Gasteiger partial charge in [0.25, 0.3) is 0 Å². The van der Waals surface area contributed by atoms with Crippen molar-refractivity contribution in [2.75, 3.05) is 7.11 Å². The number of carbonyl (C=O) groups is 2. The zero-order valence-corrected chi connectivity index (χ0v) is 15.3. The highest BCUT2D eigenvalue weighted by Gasteiger charge is 2.86. The van der Waals surface area contributed by atoms with Crippen LogP contribution in [0.1, 0.15) is 40.5 Å². The van der Waals surface area contributed by atoms with Crippen molar-refractivity contribution in [3.8, 4) is 5.75 Å². The Labute approximate surface area is 162 Å². The molecule has 0 aromatic heterocycles. The third-order valence-electron chi connectivity index (χ3n) is 8.24. The fourth-order valence-corrected chi connectivity index (χ4v) is 7.57. The summed E-state index contributed by atoms with van der Waals surface area (Å²) < 4.78 is 11.0. The van der Waals surface area contributed by atoms with Crippen molar-refractivity contribution in [2.45, 2.75) is 18.3 Å². The van der Waals surface area contributed by atoms with Crippen molar-refractivity contribution in [1.29, 1.82) is 0 Å². The van der Waals surface area contributed by atoms with Gasteiger partial charge in [-0.3, -0.25) is 9.59 Å². The molecule has 6 atom stereocenters. The topological polar surface area (TPSA) is 52.6 Å². The second kappa shape index (κ2) is 4.40. The number of hydrogen-bond donors (Lipinski definition) is 0. The maximum atomic E-state index is 13.5. The van der Waals surface area contributed by atoms with Gasteiger partial charge >= 0.3 is 11.9 Å². The first-order valence-corrected chi connectivity index (χ1v) is 9.87. The molecule has 0 unspecified atom stereocenters. The molecule has 0 spiro atoms. The van der Waals surface area contributed by atoms with Crippen LogP contribution in [0.25, 0.3) is 0 Å². The molecule has 138 valence electrons. The molecule has 28 heavy (non-hydrogen) atoms. The van der Waals surface area contributed by atoms with Gasteiger partial charge in [0.05, 0.1) is 7.11 Å². The van der Waals surface area contributed by atoms with E-state index >= 15 is 0 Å². The SMILES string of the molecule is COc1ccc2c(c1)[C@@H]1c3ccccc3[C@H]2[C@]23C(=O)OC(=O)[C@]12[C@H]1C=C[C@@H]3C1. The quantitative estimate of drug-likeness (QED) is 0.438. The number of cyclic esters (lactones) is 2. The Morgan fingerprint density at radius 3 is 2.04 bits per heavy atom. The second-order valence-corrected chi connectivity index (χ2v) is 8.74. The molecule has 8 rings (SSSR count). The van der Waals surface area contributed by atoms with Gasteiger partial charge in [0.1, 0.15) is 16.6 Å². The number of carbonyl (C=O) groups excluding carboxylic acids is 2. The van der Waals surface area contributed by atoms with Crippen LogP contribution in [0.15, 0.2) is 54.6 Å². The van der Waals surface area contributed by atoms with E-state index in [-0.39, 0.29) is 35.6 Å². The largest absolute Gasteiger partial charge is 0.497 e. The van der Waals surface area contributed by atoms with Crippen LogP contribution >= 0.6 is 0 Å². The molecule has 4 bridgehead atoms. The average Bonchev–Trinajstić information content (AvgIpc) is 3.39. The van der Waals surface area contributed by atoms with Crippen LogP contribution < -0.4 is 4.74 Å². The van der Waals surface area contributed by atoms with Crippen LogP contribution in [0.5, 0.6) is 5.75 Å². The fourth-order valence-electron chi connectivity index (χ4n) is 7.57. The predicted molar refractivity (Wildman–Crippen MR) is 99.8 cm³/mol. The molecule has 1 saturated heterocycles. The van der Waals surface area contributed by atoms with E-state index in [9.17, 15) is 9.59 Å². The summed E-state index contributed by atoms with van der Waals surface area (Å²) in [4.78, 5) is 26.9. The van der Waals surface area contributed by atoms with Crippen LogP contribution in [-0.4, -0.2) is 19.0 Å². The number of ether oxygens (including phenoxy) is 2. The molecule has 2 fully saturated rings. The lowest BCUT2D eigenvalue weighted by Gasteiger charge is -2.59. The minimum atomic E-state index is -0.831. The van der Waals surface area contributed by atoms with E-state index in [0.717, 1.165) is 28.9 Å². The molecule has 2 aromatic carbocycles. The van der Waals surface area contributed by atoms with E-state index in [4.69, 9.17) is 9.47 Å². The number of benzene rings is 2. The van der Waals surface area contributed by atoms with E-state index in [1.165, 1.54) is 5.56 Å². The van der Waals surface area contributed by atoms with E-state index < -0.39 is 10.8 Å². The second-order valence-electron chi connectivity index (χ2n) is 8.74. The Balaban J connectivity index is 1.68. The number of allylic oxidation sites excluding steroid dienone is 2. The third-order valence-corrected chi connectivity index (χ3v) is 8.24. The minimum absolute atomic E-state index is 0.0386. The van der Waals surface area contributed by atoms with Crippen molar-refractivity contribution in [3.63, 3.8) is 0 Å². The first kappa shape index (κ1) is 15.1.